The van der Waals surface area contributed by atoms with Gasteiger partial charge in [0.05, 0.1) is 27.4 Å². The predicted octanol–water partition coefficient (Wildman–Crippen LogP) is 1.09. The Morgan fingerprint density at radius 1 is 1.29 bits per heavy atom. The molecule has 0 saturated carbocycles. The molecule has 0 aromatic heterocycles. The third-order valence-electron chi connectivity index (χ3n) is 4.27. The van der Waals surface area contributed by atoms with E-state index in [4.69, 9.17) is 14.2 Å². The number of carboxylic acids is 1. The molecule has 1 aromatic rings. The lowest BCUT2D eigenvalue weighted by molar-refractivity contribution is -0.143. The minimum atomic E-state index is -0.883. The molecule has 0 unspecified atom stereocenters. The van der Waals surface area contributed by atoms with Crippen molar-refractivity contribution in [2.45, 2.75) is 6.04 Å². The number of hydrogen-bond donors (Lipinski definition) is 1. The second-order valence-electron chi connectivity index (χ2n) is 5.79. The molecule has 1 heterocycles. The zero-order valence-electron chi connectivity index (χ0n) is 14.5. The fraction of sp³-hybridized carbons (Fsp3) is 0.588. The van der Waals surface area contributed by atoms with Crippen LogP contribution < -0.4 is 9.47 Å². The van der Waals surface area contributed by atoms with Crippen LogP contribution in [0, 0.1) is 0 Å². The summed E-state index contributed by atoms with van der Waals surface area (Å²) in [6.45, 7) is 4.73. The van der Waals surface area contributed by atoms with Crippen molar-refractivity contribution in [2.75, 3.05) is 60.7 Å². The molecular weight excluding hydrogens is 312 g/mol. The summed E-state index contributed by atoms with van der Waals surface area (Å²) < 4.78 is 15.8. The number of ether oxygens (including phenoxy) is 3. The van der Waals surface area contributed by atoms with Crippen molar-refractivity contribution in [1.82, 2.24) is 9.80 Å². The average molecular weight is 338 g/mol. The monoisotopic (exact) mass is 338 g/mol. The third kappa shape index (κ3) is 4.59. The first-order valence-corrected chi connectivity index (χ1v) is 8.02. The van der Waals surface area contributed by atoms with Gasteiger partial charge >= 0.3 is 5.97 Å². The minimum absolute atomic E-state index is 0.530. The van der Waals surface area contributed by atoms with Crippen molar-refractivity contribution in [2.24, 2.45) is 0 Å². The molecule has 0 aliphatic carbocycles. The van der Waals surface area contributed by atoms with Crippen LogP contribution in [0.1, 0.15) is 11.6 Å². The maximum Gasteiger partial charge on any atom is 0.325 e. The molecule has 7 heteroatoms. The van der Waals surface area contributed by atoms with Crippen LogP contribution in [-0.2, 0) is 9.53 Å². The van der Waals surface area contributed by atoms with Gasteiger partial charge in [0, 0.05) is 26.2 Å². The van der Waals surface area contributed by atoms with Crippen LogP contribution in [0.5, 0.6) is 11.5 Å². The molecular formula is C17H26N2O5. The molecule has 1 aliphatic heterocycles. The van der Waals surface area contributed by atoms with Gasteiger partial charge in [-0.3, -0.25) is 14.6 Å². The van der Waals surface area contributed by atoms with Crippen molar-refractivity contribution in [3.8, 4) is 11.5 Å². The van der Waals surface area contributed by atoms with Crippen LogP contribution in [0.2, 0.25) is 0 Å². The topological polar surface area (TPSA) is 71.5 Å². The first kappa shape index (κ1) is 18.5. The Morgan fingerprint density at radius 3 is 2.54 bits per heavy atom. The van der Waals surface area contributed by atoms with Gasteiger partial charge in [-0.25, -0.2) is 0 Å². The molecule has 0 spiro atoms. The first-order valence-electron chi connectivity index (χ1n) is 8.02. The Balaban J connectivity index is 2.08. The highest BCUT2D eigenvalue weighted by molar-refractivity contribution is 5.76. The van der Waals surface area contributed by atoms with E-state index in [1.54, 1.807) is 32.4 Å². The van der Waals surface area contributed by atoms with E-state index in [1.165, 1.54) is 0 Å². The molecule has 0 radical (unpaired) electrons. The lowest BCUT2D eigenvalue weighted by atomic mass is 10.0. The molecule has 7 nitrogen and oxygen atoms in total. The highest BCUT2D eigenvalue weighted by Gasteiger charge is 2.26. The van der Waals surface area contributed by atoms with E-state index in [1.807, 2.05) is 11.9 Å². The quantitative estimate of drug-likeness (QED) is 0.761. The SMILES string of the molecule is COc1ccc([C@H](C(=O)O)N(C)CCN2CCOCC2)cc1OC. The zero-order chi connectivity index (χ0) is 17.5. The fourth-order valence-corrected chi connectivity index (χ4v) is 2.86. The Hall–Kier alpha value is -1.83. The zero-order valence-corrected chi connectivity index (χ0v) is 14.5. The van der Waals surface area contributed by atoms with E-state index in [0.29, 0.717) is 23.6 Å². The van der Waals surface area contributed by atoms with Gasteiger partial charge in [-0.1, -0.05) is 6.07 Å². The standard InChI is InChI=1S/C17H26N2O5/c1-18(6-7-19-8-10-24-11-9-19)16(17(20)21)13-4-5-14(22-2)15(12-13)23-3/h4-5,12,16H,6-11H2,1-3H3,(H,20,21)/t16-/m1/s1. The number of likely N-dealkylation sites (N-methyl/N-ethyl adjacent to an activating group) is 1. The maximum absolute atomic E-state index is 11.8. The largest absolute Gasteiger partial charge is 0.493 e. The van der Waals surface area contributed by atoms with E-state index in [9.17, 15) is 9.90 Å². The lowest BCUT2D eigenvalue weighted by Crippen LogP contribution is -2.42. The summed E-state index contributed by atoms with van der Waals surface area (Å²) in [5, 5.41) is 9.68. The Kier molecular flexibility index (Phi) is 6.84. The molecule has 1 aliphatic rings. The highest BCUT2D eigenvalue weighted by atomic mass is 16.5. The molecule has 24 heavy (non-hydrogen) atoms. The minimum Gasteiger partial charge on any atom is -0.493 e. The maximum atomic E-state index is 11.8. The number of nitrogens with zero attached hydrogens (tertiary/aromatic N) is 2. The smallest absolute Gasteiger partial charge is 0.325 e. The van der Waals surface area contributed by atoms with Crippen LogP contribution in [0.3, 0.4) is 0 Å². The van der Waals surface area contributed by atoms with E-state index in [2.05, 4.69) is 4.90 Å². The fourth-order valence-electron chi connectivity index (χ4n) is 2.86. The second-order valence-corrected chi connectivity index (χ2v) is 5.79. The van der Waals surface area contributed by atoms with Gasteiger partial charge in [0.2, 0.25) is 0 Å². The second kappa shape index (κ2) is 8.86. The van der Waals surface area contributed by atoms with Crippen molar-refractivity contribution in [1.29, 1.82) is 0 Å². The van der Waals surface area contributed by atoms with Crippen LogP contribution >= 0.6 is 0 Å². The summed E-state index contributed by atoms with van der Waals surface area (Å²) in [6, 6.07) is 4.50. The third-order valence-corrected chi connectivity index (χ3v) is 4.27. The predicted molar refractivity (Wildman–Crippen MR) is 89.8 cm³/mol. The first-order chi connectivity index (χ1) is 11.6. The molecule has 1 aromatic carbocycles. The molecule has 134 valence electrons. The summed E-state index contributed by atoms with van der Waals surface area (Å²) in [5.74, 6) is 0.232. The number of benzene rings is 1. The normalized spacial score (nSPS) is 16.8. The van der Waals surface area contributed by atoms with Crippen LogP contribution in [0.15, 0.2) is 18.2 Å². The lowest BCUT2D eigenvalue weighted by Gasteiger charge is -2.31. The van der Waals surface area contributed by atoms with Gasteiger partial charge in [0.15, 0.2) is 11.5 Å². The molecule has 0 amide bonds. The summed E-state index contributed by atoms with van der Waals surface area (Å²) in [5.41, 5.74) is 0.671. The van der Waals surface area contributed by atoms with Crippen LogP contribution in [0.25, 0.3) is 0 Å². The molecule has 1 atom stereocenters. The number of aliphatic carboxylic acids is 1. The van der Waals surface area contributed by atoms with Crippen molar-refractivity contribution < 1.29 is 24.1 Å². The Labute approximate surface area is 142 Å². The van der Waals surface area contributed by atoms with E-state index in [0.717, 1.165) is 32.8 Å². The van der Waals surface area contributed by atoms with Gasteiger partial charge in [-0.05, 0) is 24.7 Å². The Bertz CT molecular complexity index is 546. The van der Waals surface area contributed by atoms with E-state index >= 15 is 0 Å². The number of rotatable bonds is 8. The van der Waals surface area contributed by atoms with Gasteiger partial charge in [-0.2, -0.15) is 0 Å². The highest BCUT2D eigenvalue weighted by Crippen LogP contribution is 2.31. The summed E-state index contributed by atoms with van der Waals surface area (Å²) >= 11 is 0. The molecule has 1 N–H and O–H groups in total. The number of methoxy groups -OCH3 is 2. The summed E-state index contributed by atoms with van der Waals surface area (Å²) in [4.78, 5) is 15.9. The molecule has 1 saturated heterocycles. The van der Waals surface area contributed by atoms with Gasteiger partial charge in [0.1, 0.15) is 6.04 Å². The van der Waals surface area contributed by atoms with Crippen molar-refractivity contribution in [3.63, 3.8) is 0 Å². The summed E-state index contributed by atoms with van der Waals surface area (Å²) in [6.07, 6.45) is 0. The molecule has 0 bridgehead atoms. The molecule has 2 rings (SSSR count). The van der Waals surface area contributed by atoms with E-state index in [-0.39, 0.29) is 0 Å². The number of carboxylic acid groups (broad SMARTS) is 1. The summed E-state index contributed by atoms with van der Waals surface area (Å²) in [7, 11) is 4.93. The van der Waals surface area contributed by atoms with Gasteiger partial charge < -0.3 is 19.3 Å². The average Bonchev–Trinajstić information content (AvgIpc) is 2.60. The Morgan fingerprint density at radius 2 is 1.96 bits per heavy atom. The van der Waals surface area contributed by atoms with Gasteiger partial charge in [-0.15, -0.1) is 0 Å². The number of hydrogen-bond acceptors (Lipinski definition) is 6. The van der Waals surface area contributed by atoms with Gasteiger partial charge in [0.25, 0.3) is 0 Å². The van der Waals surface area contributed by atoms with E-state index < -0.39 is 12.0 Å². The molecule has 1 fully saturated rings. The van der Waals surface area contributed by atoms with Crippen LogP contribution in [0.4, 0.5) is 0 Å². The van der Waals surface area contributed by atoms with Crippen molar-refractivity contribution in [3.05, 3.63) is 23.8 Å². The number of carbonyl (C=O) groups is 1. The van der Waals surface area contributed by atoms with Crippen LogP contribution in [-0.4, -0.2) is 81.5 Å². The van der Waals surface area contributed by atoms with Crippen molar-refractivity contribution >= 4 is 5.97 Å². The number of morpholine rings is 1.